The number of nitrogens with zero attached hydrogens (tertiary/aromatic N) is 1. The van der Waals surface area contributed by atoms with Gasteiger partial charge >= 0.3 is 0 Å². The molecular formula is C28H31N3O5. The fourth-order valence-corrected chi connectivity index (χ4v) is 4.14. The molecule has 1 aliphatic heterocycles. The number of benzene rings is 3. The highest BCUT2D eigenvalue weighted by atomic mass is 16.5. The molecule has 3 aromatic rings. The number of morpholine rings is 1. The van der Waals surface area contributed by atoms with Gasteiger partial charge in [-0.25, -0.2) is 0 Å². The number of methoxy groups -OCH3 is 2. The number of ether oxygens (including phenoxy) is 3. The molecule has 8 nitrogen and oxygen atoms in total. The van der Waals surface area contributed by atoms with Crippen molar-refractivity contribution in [2.24, 2.45) is 0 Å². The predicted octanol–water partition coefficient (Wildman–Crippen LogP) is 4.08. The lowest BCUT2D eigenvalue weighted by Gasteiger charge is -2.27. The van der Waals surface area contributed by atoms with E-state index < -0.39 is 0 Å². The Labute approximate surface area is 211 Å². The third kappa shape index (κ3) is 6.21. The summed E-state index contributed by atoms with van der Waals surface area (Å²) in [7, 11) is 3.06. The number of hydrogen-bond donors (Lipinski definition) is 2. The summed E-state index contributed by atoms with van der Waals surface area (Å²) < 4.78 is 16.1. The lowest BCUT2D eigenvalue weighted by molar-refractivity contribution is 0.0384. The minimum atomic E-state index is -0.296. The van der Waals surface area contributed by atoms with Crippen LogP contribution in [0.2, 0.25) is 0 Å². The van der Waals surface area contributed by atoms with E-state index in [0.717, 1.165) is 44.8 Å². The average molecular weight is 490 g/mol. The molecule has 0 unspecified atom stereocenters. The van der Waals surface area contributed by atoms with Crippen LogP contribution in [0.3, 0.4) is 0 Å². The lowest BCUT2D eigenvalue weighted by Crippen LogP contribution is -2.37. The number of rotatable bonds is 9. The van der Waals surface area contributed by atoms with Gasteiger partial charge in [0, 0.05) is 31.0 Å². The molecule has 1 aliphatic rings. The molecular weight excluding hydrogens is 458 g/mol. The van der Waals surface area contributed by atoms with E-state index in [0.29, 0.717) is 34.0 Å². The second kappa shape index (κ2) is 12.2. The fourth-order valence-electron chi connectivity index (χ4n) is 4.14. The summed E-state index contributed by atoms with van der Waals surface area (Å²) in [4.78, 5) is 28.4. The Morgan fingerprint density at radius 1 is 0.833 bits per heavy atom. The molecule has 36 heavy (non-hydrogen) atoms. The van der Waals surface area contributed by atoms with Gasteiger partial charge < -0.3 is 24.8 Å². The number of nitrogens with one attached hydrogen (secondary N) is 2. The van der Waals surface area contributed by atoms with Crippen LogP contribution in [0, 0.1) is 0 Å². The minimum absolute atomic E-state index is 0.284. The van der Waals surface area contributed by atoms with Crippen molar-refractivity contribution in [2.45, 2.75) is 6.42 Å². The van der Waals surface area contributed by atoms with Gasteiger partial charge in [-0.05, 0) is 48.4 Å². The summed E-state index contributed by atoms with van der Waals surface area (Å²) in [5.74, 6) is 0.399. The Morgan fingerprint density at radius 2 is 1.42 bits per heavy atom. The van der Waals surface area contributed by atoms with Crippen molar-refractivity contribution in [1.82, 2.24) is 4.90 Å². The van der Waals surface area contributed by atoms with E-state index in [1.807, 2.05) is 24.3 Å². The van der Waals surface area contributed by atoms with Crippen molar-refractivity contribution in [3.05, 3.63) is 83.4 Å². The molecule has 0 radical (unpaired) electrons. The second-order valence-electron chi connectivity index (χ2n) is 8.38. The van der Waals surface area contributed by atoms with Crippen molar-refractivity contribution in [3.63, 3.8) is 0 Å². The van der Waals surface area contributed by atoms with Crippen molar-refractivity contribution < 1.29 is 23.8 Å². The largest absolute Gasteiger partial charge is 0.496 e. The molecule has 4 rings (SSSR count). The maximum atomic E-state index is 13.2. The van der Waals surface area contributed by atoms with E-state index in [-0.39, 0.29) is 11.8 Å². The topological polar surface area (TPSA) is 89.1 Å². The SMILES string of the molecule is COc1ccccc1C(=O)Nc1ccc(CCN2CCOCC2)c(NC(=O)c2ccccc2OC)c1. The molecule has 0 aliphatic carbocycles. The Morgan fingerprint density at radius 3 is 2.03 bits per heavy atom. The first-order valence-corrected chi connectivity index (χ1v) is 11.9. The molecule has 3 aromatic carbocycles. The van der Waals surface area contributed by atoms with Crippen molar-refractivity contribution in [3.8, 4) is 11.5 Å². The normalized spacial score (nSPS) is 13.6. The molecule has 0 bridgehead atoms. The molecule has 1 saturated heterocycles. The molecule has 2 amide bonds. The number of hydrogen-bond acceptors (Lipinski definition) is 6. The number of anilines is 2. The first-order chi connectivity index (χ1) is 17.6. The second-order valence-corrected chi connectivity index (χ2v) is 8.38. The zero-order valence-corrected chi connectivity index (χ0v) is 20.6. The molecule has 0 spiro atoms. The van der Waals surface area contributed by atoms with Gasteiger partial charge in [-0.1, -0.05) is 30.3 Å². The van der Waals surface area contributed by atoms with Crippen LogP contribution in [0.25, 0.3) is 0 Å². The van der Waals surface area contributed by atoms with Crippen LogP contribution in [0.4, 0.5) is 11.4 Å². The van der Waals surface area contributed by atoms with Crippen LogP contribution in [0.15, 0.2) is 66.7 Å². The van der Waals surface area contributed by atoms with E-state index in [9.17, 15) is 9.59 Å². The van der Waals surface area contributed by atoms with E-state index in [4.69, 9.17) is 14.2 Å². The molecule has 0 atom stereocenters. The van der Waals surface area contributed by atoms with Gasteiger partial charge in [0.15, 0.2) is 0 Å². The van der Waals surface area contributed by atoms with Gasteiger partial charge in [-0.15, -0.1) is 0 Å². The van der Waals surface area contributed by atoms with Crippen molar-refractivity contribution >= 4 is 23.2 Å². The average Bonchev–Trinajstić information content (AvgIpc) is 2.93. The highest BCUT2D eigenvalue weighted by Crippen LogP contribution is 2.26. The summed E-state index contributed by atoms with van der Waals surface area (Å²) in [6, 6.07) is 19.7. The molecule has 1 heterocycles. The van der Waals surface area contributed by atoms with Crippen LogP contribution in [-0.4, -0.2) is 63.8 Å². The third-order valence-electron chi connectivity index (χ3n) is 6.12. The van der Waals surface area contributed by atoms with Gasteiger partial charge in [0.25, 0.3) is 11.8 Å². The standard InChI is InChI=1S/C28H31N3O5/c1-34-25-9-5-3-7-22(25)27(32)29-21-12-11-20(13-14-31-15-17-36-18-16-31)24(19-21)30-28(33)23-8-4-6-10-26(23)35-2/h3-12,19H,13-18H2,1-2H3,(H,29,32)(H,30,33). The molecule has 188 valence electrons. The van der Waals surface area contributed by atoms with Crippen molar-refractivity contribution in [2.75, 3.05) is 57.7 Å². The van der Waals surface area contributed by atoms with Gasteiger partial charge in [0.2, 0.25) is 0 Å². The van der Waals surface area contributed by atoms with Gasteiger partial charge in [-0.3, -0.25) is 14.5 Å². The van der Waals surface area contributed by atoms with E-state index in [1.54, 1.807) is 42.5 Å². The van der Waals surface area contributed by atoms with Crippen LogP contribution >= 0.6 is 0 Å². The highest BCUT2D eigenvalue weighted by molar-refractivity contribution is 6.08. The Bertz CT molecular complexity index is 1210. The van der Waals surface area contributed by atoms with E-state index in [1.165, 1.54) is 14.2 Å². The summed E-state index contributed by atoms with van der Waals surface area (Å²) in [6.45, 7) is 4.07. The third-order valence-corrected chi connectivity index (χ3v) is 6.12. The van der Waals surface area contributed by atoms with Crippen LogP contribution in [0.1, 0.15) is 26.3 Å². The molecule has 8 heteroatoms. The van der Waals surface area contributed by atoms with Crippen LogP contribution in [-0.2, 0) is 11.2 Å². The summed E-state index contributed by atoms with van der Waals surface area (Å²) in [6.07, 6.45) is 0.738. The lowest BCUT2D eigenvalue weighted by atomic mass is 10.1. The summed E-state index contributed by atoms with van der Waals surface area (Å²) >= 11 is 0. The Kier molecular flexibility index (Phi) is 8.54. The highest BCUT2D eigenvalue weighted by Gasteiger charge is 2.17. The maximum Gasteiger partial charge on any atom is 0.259 e. The smallest absolute Gasteiger partial charge is 0.259 e. The zero-order chi connectivity index (χ0) is 25.3. The fraction of sp³-hybridized carbons (Fsp3) is 0.286. The monoisotopic (exact) mass is 489 g/mol. The molecule has 2 N–H and O–H groups in total. The number of carbonyl (C=O) groups is 2. The maximum absolute atomic E-state index is 13.2. The quantitative estimate of drug-likeness (QED) is 0.471. The first-order valence-electron chi connectivity index (χ1n) is 11.9. The van der Waals surface area contributed by atoms with Crippen LogP contribution < -0.4 is 20.1 Å². The molecule has 1 fully saturated rings. The minimum Gasteiger partial charge on any atom is -0.496 e. The Balaban J connectivity index is 1.58. The van der Waals surface area contributed by atoms with E-state index >= 15 is 0 Å². The van der Waals surface area contributed by atoms with E-state index in [2.05, 4.69) is 15.5 Å². The van der Waals surface area contributed by atoms with Gasteiger partial charge in [-0.2, -0.15) is 0 Å². The van der Waals surface area contributed by atoms with Crippen LogP contribution in [0.5, 0.6) is 11.5 Å². The summed E-state index contributed by atoms with van der Waals surface area (Å²) in [5, 5.41) is 5.95. The summed E-state index contributed by atoms with van der Waals surface area (Å²) in [5.41, 5.74) is 3.03. The molecule has 0 saturated carbocycles. The van der Waals surface area contributed by atoms with Gasteiger partial charge in [0.05, 0.1) is 38.6 Å². The van der Waals surface area contributed by atoms with Crippen molar-refractivity contribution in [1.29, 1.82) is 0 Å². The Hall–Kier alpha value is -3.88. The number of amides is 2. The zero-order valence-electron chi connectivity index (χ0n) is 20.6. The number of carbonyl (C=O) groups excluding carboxylic acids is 2. The predicted molar refractivity (Wildman–Crippen MR) is 139 cm³/mol. The number of para-hydroxylation sites is 2. The first kappa shape index (κ1) is 25.2. The van der Waals surface area contributed by atoms with Gasteiger partial charge in [0.1, 0.15) is 11.5 Å². The molecule has 0 aromatic heterocycles.